The van der Waals surface area contributed by atoms with Crippen LogP contribution < -0.4 is 11.1 Å². The van der Waals surface area contributed by atoms with Gasteiger partial charge in [0.05, 0.1) is 12.1 Å². The summed E-state index contributed by atoms with van der Waals surface area (Å²) in [6, 6.07) is -0.594. The van der Waals surface area contributed by atoms with E-state index in [1.165, 1.54) is 0 Å². The standard InChI is InChI=1S/C12H21N5OS/c1-8(14-12(18)9(13)5-7-19-2)11-16-15-10-4-3-6-17(10)11/h8-9H,3-7,13H2,1-2H3,(H,14,18)/t8?,9-/m1/s1. The normalized spacial score (nSPS) is 17.0. The highest BCUT2D eigenvalue weighted by Crippen LogP contribution is 2.18. The first-order valence-electron chi connectivity index (χ1n) is 6.60. The Kier molecular flexibility index (Phi) is 4.81. The zero-order valence-electron chi connectivity index (χ0n) is 11.4. The van der Waals surface area contributed by atoms with Gasteiger partial charge in [-0.25, -0.2) is 0 Å². The average molecular weight is 283 g/mol. The molecule has 2 atom stereocenters. The summed E-state index contributed by atoms with van der Waals surface area (Å²) < 4.78 is 2.10. The van der Waals surface area contributed by atoms with Crippen molar-refractivity contribution in [2.75, 3.05) is 12.0 Å². The maximum Gasteiger partial charge on any atom is 0.237 e. The molecule has 1 amide bonds. The van der Waals surface area contributed by atoms with E-state index in [1.807, 2.05) is 13.2 Å². The Morgan fingerprint density at radius 1 is 1.58 bits per heavy atom. The van der Waals surface area contributed by atoms with Crippen molar-refractivity contribution in [3.05, 3.63) is 11.6 Å². The summed E-state index contributed by atoms with van der Waals surface area (Å²) >= 11 is 1.69. The number of nitrogens with two attached hydrogens (primary N) is 1. The first-order chi connectivity index (χ1) is 9.13. The Morgan fingerprint density at radius 2 is 2.37 bits per heavy atom. The van der Waals surface area contributed by atoms with Crippen molar-refractivity contribution in [1.82, 2.24) is 20.1 Å². The monoisotopic (exact) mass is 283 g/mol. The summed E-state index contributed by atoms with van der Waals surface area (Å²) in [4.78, 5) is 12.0. The second-order valence-electron chi connectivity index (χ2n) is 4.85. The number of rotatable bonds is 6. The predicted octanol–water partition coefficient (Wildman–Crippen LogP) is 0.482. The summed E-state index contributed by atoms with van der Waals surface area (Å²) in [6.45, 7) is 2.87. The minimum absolute atomic E-state index is 0.114. The maximum atomic E-state index is 12.0. The molecule has 1 aromatic heterocycles. The van der Waals surface area contributed by atoms with Gasteiger partial charge in [0, 0.05) is 13.0 Å². The van der Waals surface area contributed by atoms with Crippen LogP contribution in [0.1, 0.15) is 37.5 Å². The van der Waals surface area contributed by atoms with Crippen molar-refractivity contribution in [3.63, 3.8) is 0 Å². The third-order valence-corrected chi connectivity index (χ3v) is 4.00. The van der Waals surface area contributed by atoms with Crippen LogP contribution >= 0.6 is 11.8 Å². The molecule has 0 saturated carbocycles. The average Bonchev–Trinajstić information content (AvgIpc) is 2.97. The topological polar surface area (TPSA) is 85.8 Å². The largest absolute Gasteiger partial charge is 0.345 e. The molecule has 2 heterocycles. The lowest BCUT2D eigenvalue weighted by atomic mass is 10.2. The fourth-order valence-electron chi connectivity index (χ4n) is 2.25. The van der Waals surface area contributed by atoms with Crippen LogP contribution in [0.3, 0.4) is 0 Å². The molecule has 2 rings (SSSR count). The van der Waals surface area contributed by atoms with E-state index in [-0.39, 0.29) is 11.9 Å². The van der Waals surface area contributed by atoms with E-state index >= 15 is 0 Å². The smallest absolute Gasteiger partial charge is 0.237 e. The van der Waals surface area contributed by atoms with Gasteiger partial charge >= 0.3 is 0 Å². The van der Waals surface area contributed by atoms with Crippen LogP contribution in [0.2, 0.25) is 0 Å². The Labute approximate surface area is 117 Å². The van der Waals surface area contributed by atoms with Crippen LogP contribution in [-0.2, 0) is 17.8 Å². The van der Waals surface area contributed by atoms with Gasteiger partial charge in [-0.1, -0.05) is 0 Å². The van der Waals surface area contributed by atoms with Crippen molar-refractivity contribution in [1.29, 1.82) is 0 Å². The van der Waals surface area contributed by atoms with E-state index in [1.54, 1.807) is 11.8 Å². The SMILES string of the molecule is CSCC[C@@H](N)C(=O)NC(C)c1nnc2n1CCC2. The van der Waals surface area contributed by atoms with Gasteiger partial charge in [0.2, 0.25) is 5.91 Å². The van der Waals surface area contributed by atoms with Gasteiger partial charge in [-0.15, -0.1) is 10.2 Å². The Hall–Kier alpha value is -1.08. The second kappa shape index (κ2) is 6.38. The molecule has 6 nitrogen and oxygen atoms in total. The van der Waals surface area contributed by atoms with E-state index < -0.39 is 6.04 Å². The molecule has 0 saturated heterocycles. The van der Waals surface area contributed by atoms with E-state index in [0.29, 0.717) is 6.42 Å². The van der Waals surface area contributed by atoms with Crippen molar-refractivity contribution < 1.29 is 4.79 Å². The molecule has 1 aromatic rings. The van der Waals surface area contributed by atoms with E-state index in [2.05, 4.69) is 20.1 Å². The highest BCUT2D eigenvalue weighted by molar-refractivity contribution is 7.98. The fourth-order valence-corrected chi connectivity index (χ4v) is 2.74. The number of nitrogens with one attached hydrogen (secondary N) is 1. The summed E-state index contributed by atoms with van der Waals surface area (Å²) in [6.07, 6.45) is 4.77. The van der Waals surface area contributed by atoms with Gasteiger partial charge < -0.3 is 15.6 Å². The highest BCUT2D eigenvalue weighted by atomic mass is 32.2. The fraction of sp³-hybridized carbons (Fsp3) is 0.750. The molecular formula is C12H21N5OS. The van der Waals surface area contributed by atoms with Crippen LogP contribution in [0, 0.1) is 0 Å². The molecule has 7 heteroatoms. The molecule has 3 N–H and O–H groups in total. The number of aromatic nitrogens is 3. The molecule has 1 aliphatic rings. The van der Waals surface area contributed by atoms with E-state index in [4.69, 9.17) is 5.73 Å². The molecule has 0 fully saturated rings. The van der Waals surface area contributed by atoms with Gasteiger partial charge in [0.25, 0.3) is 0 Å². The number of fused-ring (bicyclic) bond motifs is 1. The summed E-state index contributed by atoms with van der Waals surface area (Å²) in [5.41, 5.74) is 5.85. The lowest BCUT2D eigenvalue weighted by Gasteiger charge is -2.17. The number of thioether (sulfide) groups is 1. The first-order valence-corrected chi connectivity index (χ1v) is 7.99. The molecule has 0 bridgehead atoms. The van der Waals surface area contributed by atoms with E-state index in [9.17, 15) is 4.79 Å². The molecule has 0 aliphatic carbocycles. The van der Waals surface area contributed by atoms with Gasteiger partial charge in [-0.2, -0.15) is 11.8 Å². The number of carbonyl (C=O) groups is 1. The highest BCUT2D eigenvalue weighted by Gasteiger charge is 2.23. The van der Waals surface area contributed by atoms with Crippen LogP contribution in [0.4, 0.5) is 0 Å². The summed E-state index contributed by atoms with van der Waals surface area (Å²) in [5, 5.41) is 11.2. The maximum absolute atomic E-state index is 12.0. The Balaban J connectivity index is 1.93. The molecule has 0 spiro atoms. The minimum atomic E-state index is -0.448. The number of hydrogen-bond acceptors (Lipinski definition) is 5. The van der Waals surface area contributed by atoms with Gasteiger partial charge in [0.15, 0.2) is 5.82 Å². The number of amides is 1. The van der Waals surface area contributed by atoms with Crippen LogP contribution in [0.25, 0.3) is 0 Å². The van der Waals surface area contributed by atoms with E-state index in [0.717, 1.165) is 36.8 Å². The molecule has 1 unspecified atom stereocenters. The lowest BCUT2D eigenvalue weighted by Crippen LogP contribution is -2.42. The van der Waals surface area contributed by atoms with Crippen molar-refractivity contribution in [2.45, 2.75) is 44.8 Å². The molecule has 0 radical (unpaired) electrons. The molecular weight excluding hydrogens is 262 g/mol. The van der Waals surface area contributed by atoms with Crippen molar-refractivity contribution in [3.8, 4) is 0 Å². The molecule has 19 heavy (non-hydrogen) atoms. The van der Waals surface area contributed by atoms with Gasteiger partial charge in [0.1, 0.15) is 5.82 Å². The van der Waals surface area contributed by atoms with Crippen molar-refractivity contribution in [2.24, 2.45) is 5.73 Å². The third-order valence-electron chi connectivity index (χ3n) is 3.35. The Morgan fingerprint density at radius 3 is 3.11 bits per heavy atom. The number of aryl methyl sites for hydroxylation is 1. The van der Waals surface area contributed by atoms with Gasteiger partial charge in [-0.05, 0) is 31.8 Å². The lowest BCUT2D eigenvalue weighted by molar-refractivity contribution is -0.123. The summed E-state index contributed by atoms with van der Waals surface area (Å²) in [7, 11) is 0. The van der Waals surface area contributed by atoms with Crippen molar-refractivity contribution >= 4 is 17.7 Å². The second-order valence-corrected chi connectivity index (χ2v) is 5.83. The molecule has 0 aromatic carbocycles. The number of carbonyl (C=O) groups excluding carboxylic acids is 1. The summed E-state index contributed by atoms with van der Waals surface area (Å²) in [5.74, 6) is 2.63. The first kappa shape index (κ1) is 14.3. The quantitative estimate of drug-likeness (QED) is 0.793. The predicted molar refractivity (Wildman–Crippen MR) is 75.9 cm³/mol. The van der Waals surface area contributed by atoms with Crippen LogP contribution in [0.15, 0.2) is 0 Å². The van der Waals surface area contributed by atoms with Crippen LogP contribution in [-0.4, -0.2) is 38.7 Å². The zero-order chi connectivity index (χ0) is 13.8. The molecule has 1 aliphatic heterocycles. The number of hydrogen-bond donors (Lipinski definition) is 2. The molecule has 106 valence electrons. The third kappa shape index (κ3) is 3.27. The zero-order valence-corrected chi connectivity index (χ0v) is 12.2. The van der Waals surface area contributed by atoms with Gasteiger partial charge in [-0.3, -0.25) is 4.79 Å². The van der Waals surface area contributed by atoms with Crippen LogP contribution in [0.5, 0.6) is 0 Å². The Bertz CT molecular complexity index is 447. The minimum Gasteiger partial charge on any atom is -0.345 e. The number of nitrogens with zero attached hydrogens (tertiary/aromatic N) is 3.